The number of hydrogen-bond acceptors (Lipinski definition) is 4. The van der Waals surface area contributed by atoms with E-state index in [2.05, 4.69) is 11.1 Å². The van der Waals surface area contributed by atoms with Crippen molar-refractivity contribution in [1.82, 2.24) is 9.88 Å². The Morgan fingerprint density at radius 1 is 1.53 bits per heavy atom. The molecule has 6 heteroatoms. The van der Waals surface area contributed by atoms with Crippen LogP contribution >= 0.6 is 11.3 Å². The highest BCUT2D eigenvalue weighted by Gasteiger charge is 2.22. The van der Waals surface area contributed by atoms with Gasteiger partial charge in [0.15, 0.2) is 10.7 Å². The summed E-state index contributed by atoms with van der Waals surface area (Å²) in [6.07, 6.45) is 2.95. The molecule has 0 spiro atoms. The number of thiazole rings is 1. The predicted molar refractivity (Wildman–Crippen MR) is 63.4 cm³/mol. The molecule has 5 nitrogen and oxygen atoms in total. The summed E-state index contributed by atoms with van der Waals surface area (Å²) in [4.78, 5) is 28.2. The van der Waals surface area contributed by atoms with Crippen LogP contribution in [0.25, 0.3) is 0 Å². The largest absolute Gasteiger partial charge is 0.476 e. The maximum Gasteiger partial charge on any atom is 0.355 e. The number of carboxylic acids is 1. The molecule has 0 saturated carbocycles. The van der Waals surface area contributed by atoms with Crippen molar-refractivity contribution < 1.29 is 14.7 Å². The lowest BCUT2D eigenvalue weighted by molar-refractivity contribution is 0.0691. The fourth-order valence-electron chi connectivity index (χ4n) is 1.69. The molecule has 0 fully saturated rings. The second kappa shape index (κ2) is 4.67. The zero-order valence-corrected chi connectivity index (χ0v) is 10.2. The first-order valence-corrected chi connectivity index (χ1v) is 6.09. The van der Waals surface area contributed by atoms with Crippen molar-refractivity contribution in [3.05, 3.63) is 27.7 Å². The van der Waals surface area contributed by atoms with Crippen molar-refractivity contribution in [3.63, 3.8) is 0 Å². The van der Waals surface area contributed by atoms with Gasteiger partial charge in [-0.2, -0.15) is 0 Å². The second-order valence-electron chi connectivity index (χ2n) is 3.91. The molecule has 0 unspecified atom stereocenters. The van der Waals surface area contributed by atoms with Crippen LogP contribution in [-0.2, 0) is 0 Å². The summed E-state index contributed by atoms with van der Waals surface area (Å²) in [5.41, 5.74) is 1.09. The topological polar surface area (TPSA) is 70.5 Å². The van der Waals surface area contributed by atoms with Gasteiger partial charge in [-0.15, -0.1) is 11.3 Å². The van der Waals surface area contributed by atoms with Crippen molar-refractivity contribution in [1.29, 1.82) is 0 Å². The van der Waals surface area contributed by atoms with Crippen LogP contribution in [0.3, 0.4) is 0 Å². The van der Waals surface area contributed by atoms with E-state index in [0.717, 1.165) is 23.3 Å². The molecule has 1 aliphatic heterocycles. The van der Waals surface area contributed by atoms with E-state index in [9.17, 15) is 9.59 Å². The lowest BCUT2D eigenvalue weighted by Crippen LogP contribution is -2.35. The Bertz CT molecular complexity index is 493. The fourth-order valence-corrected chi connectivity index (χ4v) is 2.45. The zero-order valence-electron chi connectivity index (χ0n) is 9.34. The van der Waals surface area contributed by atoms with Crippen molar-refractivity contribution in [3.8, 4) is 0 Å². The average molecular weight is 252 g/mol. The third-order valence-electron chi connectivity index (χ3n) is 2.53. The van der Waals surface area contributed by atoms with E-state index in [0.29, 0.717) is 13.1 Å². The lowest BCUT2D eigenvalue weighted by atomic mass is 10.1. The Morgan fingerprint density at radius 2 is 2.29 bits per heavy atom. The minimum atomic E-state index is -1.10. The molecule has 0 aliphatic carbocycles. The van der Waals surface area contributed by atoms with Gasteiger partial charge >= 0.3 is 5.97 Å². The van der Waals surface area contributed by atoms with E-state index >= 15 is 0 Å². The minimum Gasteiger partial charge on any atom is -0.476 e. The molecule has 0 saturated heterocycles. The molecule has 90 valence electrons. The molecule has 1 amide bonds. The highest BCUT2D eigenvalue weighted by Crippen LogP contribution is 2.16. The van der Waals surface area contributed by atoms with Gasteiger partial charge in [-0.1, -0.05) is 11.6 Å². The first-order chi connectivity index (χ1) is 8.08. The van der Waals surface area contributed by atoms with Crippen LogP contribution in [0.15, 0.2) is 17.0 Å². The monoisotopic (exact) mass is 252 g/mol. The SMILES string of the molecule is CC1=CCCN(C(=O)c2nc(C(=O)O)cs2)C1. The summed E-state index contributed by atoms with van der Waals surface area (Å²) >= 11 is 1.08. The van der Waals surface area contributed by atoms with Crippen LogP contribution in [-0.4, -0.2) is 40.0 Å². The van der Waals surface area contributed by atoms with E-state index in [1.165, 1.54) is 5.38 Å². The van der Waals surface area contributed by atoms with Gasteiger partial charge in [-0.25, -0.2) is 9.78 Å². The summed E-state index contributed by atoms with van der Waals surface area (Å²) in [6.45, 7) is 3.24. The summed E-state index contributed by atoms with van der Waals surface area (Å²) in [5.74, 6) is -1.29. The van der Waals surface area contributed by atoms with E-state index in [1.54, 1.807) is 4.90 Å². The first-order valence-electron chi connectivity index (χ1n) is 5.21. The summed E-state index contributed by atoms with van der Waals surface area (Å²) in [6, 6.07) is 0. The van der Waals surface area contributed by atoms with E-state index in [4.69, 9.17) is 5.11 Å². The number of rotatable bonds is 2. The molecule has 2 heterocycles. The van der Waals surface area contributed by atoms with E-state index in [1.807, 2.05) is 6.92 Å². The molecule has 1 aliphatic rings. The molecule has 0 bridgehead atoms. The number of carbonyl (C=O) groups is 2. The Kier molecular flexibility index (Phi) is 3.23. The highest BCUT2D eigenvalue weighted by atomic mass is 32.1. The van der Waals surface area contributed by atoms with Gasteiger partial charge in [0.2, 0.25) is 0 Å². The van der Waals surface area contributed by atoms with Crippen molar-refractivity contribution in [2.75, 3.05) is 13.1 Å². The number of amides is 1. The smallest absolute Gasteiger partial charge is 0.355 e. The highest BCUT2D eigenvalue weighted by molar-refractivity contribution is 7.11. The molecule has 17 heavy (non-hydrogen) atoms. The summed E-state index contributed by atoms with van der Waals surface area (Å²) in [7, 11) is 0. The normalized spacial score (nSPS) is 15.6. The van der Waals surface area contributed by atoms with Crippen LogP contribution in [0.1, 0.15) is 33.6 Å². The number of carboxylic acid groups (broad SMARTS) is 1. The third kappa shape index (κ3) is 2.52. The minimum absolute atomic E-state index is 0.0670. The predicted octanol–water partition coefficient (Wildman–Crippen LogP) is 1.63. The first kappa shape index (κ1) is 11.8. The van der Waals surface area contributed by atoms with Crippen LogP contribution in [0.5, 0.6) is 0 Å². The van der Waals surface area contributed by atoms with Gasteiger partial charge < -0.3 is 10.0 Å². The van der Waals surface area contributed by atoms with Crippen LogP contribution in [0.4, 0.5) is 0 Å². The van der Waals surface area contributed by atoms with Crippen molar-refractivity contribution in [2.45, 2.75) is 13.3 Å². The third-order valence-corrected chi connectivity index (χ3v) is 3.36. The maximum atomic E-state index is 12.0. The molecular weight excluding hydrogens is 240 g/mol. The van der Waals surface area contributed by atoms with Crippen LogP contribution < -0.4 is 0 Å². The van der Waals surface area contributed by atoms with Gasteiger partial charge in [0, 0.05) is 18.5 Å². The van der Waals surface area contributed by atoms with Gasteiger partial charge in [-0.05, 0) is 13.3 Å². The quantitative estimate of drug-likeness (QED) is 0.812. The Morgan fingerprint density at radius 3 is 2.88 bits per heavy atom. The maximum absolute atomic E-state index is 12.0. The van der Waals surface area contributed by atoms with Crippen LogP contribution in [0.2, 0.25) is 0 Å². The Balaban J connectivity index is 2.14. The number of nitrogens with zero attached hydrogens (tertiary/aromatic N) is 2. The molecule has 1 N–H and O–H groups in total. The van der Waals surface area contributed by atoms with Crippen molar-refractivity contribution >= 4 is 23.2 Å². The van der Waals surface area contributed by atoms with E-state index in [-0.39, 0.29) is 16.6 Å². The average Bonchev–Trinajstić information content (AvgIpc) is 2.77. The van der Waals surface area contributed by atoms with Crippen molar-refractivity contribution in [2.24, 2.45) is 0 Å². The second-order valence-corrected chi connectivity index (χ2v) is 4.77. The van der Waals surface area contributed by atoms with Gasteiger partial charge in [0.1, 0.15) is 0 Å². The molecule has 1 aromatic rings. The van der Waals surface area contributed by atoms with Gasteiger partial charge in [0.25, 0.3) is 5.91 Å². The number of hydrogen-bond donors (Lipinski definition) is 1. The number of aromatic carboxylic acids is 1. The molecule has 0 atom stereocenters. The number of aromatic nitrogens is 1. The Hall–Kier alpha value is -1.69. The molecule has 1 aromatic heterocycles. The van der Waals surface area contributed by atoms with E-state index < -0.39 is 5.97 Å². The zero-order chi connectivity index (χ0) is 12.4. The Labute approximate surface area is 102 Å². The molecule has 2 rings (SSSR count). The number of carbonyl (C=O) groups excluding carboxylic acids is 1. The van der Waals surface area contributed by atoms with Gasteiger partial charge in [0.05, 0.1) is 0 Å². The lowest BCUT2D eigenvalue weighted by Gasteiger charge is -2.25. The summed E-state index contributed by atoms with van der Waals surface area (Å²) in [5, 5.41) is 10.4. The van der Waals surface area contributed by atoms with Gasteiger partial charge in [-0.3, -0.25) is 4.79 Å². The fraction of sp³-hybridized carbons (Fsp3) is 0.364. The van der Waals surface area contributed by atoms with Crippen LogP contribution in [0, 0.1) is 0 Å². The molecular formula is C11H12N2O3S. The summed E-state index contributed by atoms with van der Waals surface area (Å²) < 4.78 is 0. The molecule has 0 aromatic carbocycles. The molecule has 0 radical (unpaired) electrons. The standard InChI is InChI=1S/C11H12N2O3S/c1-7-3-2-4-13(5-7)10(14)9-12-8(6-17-9)11(15)16/h3,6H,2,4-5H2,1H3,(H,15,16).